The molecule has 0 aliphatic carbocycles. The lowest BCUT2D eigenvalue weighted by molar-refractivity contribution is -0.130. The topological polar surface area (TPSA) is 66.6 Å². The molecule has 1 aromatic rings. The number of nitrogens with two attached hydrogens (primary N) is 1. The van der Waals surface area contributed by atoms with Crippen LogP contribution in [0.4, 0.5) is 0 Å². The molecular weight excluding hydrogens is 334 g/mol. The predicted octanol–water partition coefficient (Wildman–Crippen LogP) is 1.84. The molecule has 2 amide bonds. The molecule has 0 spiro atoms. The van der Waals surface area contributed by atoms with Crippen molar-refractivity contribution in [2.24, 2.45) is 5.73 Å². The average Bonchev–Trinajstić information content (AvgIpc) is 2.73. The van der Waals surface area contributed by atoms with Gasteiger partial charge in [0.1, 0.15) is 0 Å². The van der Waals surface area contributed by atoms with Gasteiger partial charge in [0.25, 0.3) is 0 Å². The lowest BCUT2D eigenvalue weighted by Gasteiger charge is -2.24. The second-order valence-corrected chi connectivity index (χ2v) is 7.40. The Labute approximate surface area is 146 Å². The van der Waals surface area contributed by atoms with Crippen LogP contribution in [0.5, 0.6) is 0 Å². The first kappa shape index (κ1) is 18.1. The Morgan fingerprint density at radius 2 is 2.00 bits per heavy atom. The summed E-state index contributed by atoms with van der Waals surface area (Å²) in [5.41, 5.74) is 5.24. The van der Waals surface area contributed by atoms with E-state index < -0.39 is 0 Å². The molecule has 2 rings (SSSR count). The number of rotatable bonds is 5. The smallest absolute Gasteiger partial charge is 0.235 e. The van der Waals surface area contributed by atoms with E-state index in [4.69, 9.17) is 17.3 Å². The van der Waals surface area contributed by atoms with Gasteiger partial charge < -0.3 is 10.6 Å². The molecule has 0 aromatic heterocycles. The predicted molar refractivity (Wildman–Crippen MR) is 93.6 cm³/mol. The van der Waals surface area contributed by atoms with E-state index in [0.29, 0.717) is 24.7 Å². The molecule has 126 valence electrons. The quantitative estimate of drug-likeness (QED) is 0.818. The first-order valence-corrected chi connectivity index (χ1v) is 8.94. The molecule has 1 aliphatic heterocycles. The fraction of sp³-hybridized carbons (Fsp3) is 0.500. The van der Waals surface area contributed by atoms with Gasteiger partial charge in [0.2, 0.25) is 11.8 Å². The molecule has 1 saturated heterocycles. The van der Waals surface area contributed by atoms with E-state index >= 15 is 0 Å². The van der Waals surface area contributed by atoms with E-state index in [2.05, 4.69) is 0 Å². The number of hydrogen-bond acceptors (Lipinski definition) is 4. The second-order valence-electron chi connectivity index (χ2n) is 5.61. The van der Waals surface area contributed by atoms with Crippen LogP contribution in [0, 0.1) is 0 Å². The zero-order valence-corrected chi connectivity index (χ0v) is 14.8. The largest absolute Gasteiger partial charge is 0.369 e. The summed E-state index contributed by atoms with van der Waals surface area (Å²) < 4.78 is 0. The fourth-order valence-corrected chi connectivity index (χ4v) is 3.85. The van der Waals surface area contributed by atoms with Gasteiger partial charge in [-0.1, -0.05) is 23.7 Å². The zero-order valence-electron chi connectivity index (χ0n) is 13.2. The number of nitrogens with zero attached hydrogens (tertiary/aromatic N) is 2. The van der Waals surface area contributed by atoms with Crippen LogP contribution in [0.1, 0.15) is 13.3 Å². The highest BCUT2D eigenvalue weighted by Gasteiger charge is 2.24. The van der Waals surface area contributed by atoms with Crippen molar-refractivity contribution in [1.82, 2.24) is 9.80 Å². The number of primary amides is 1. The van der Waals surface area contributed by atoms with E-state index in [1.54, 1.807) is 0 Å². The highest BCUT2D eigenvalue weighted by Crippen LogP contribution is 2.30. The first-order valence-electron chi connectivity index (χ1n) is 7.68. The van der Waals surface area contributed by atoms with Crippen molar-refractivity contribution < 1.29 is 9.59 Å². The Bertz CT molecular complexity index is 570. The van der Waals surface area contributed by atoms with E-state index in [1.165, 1.54) is 11.8 Å². The van der Waals surface area contributed by atoms with Crippen molar-refractivity contribution in [1.29, 1.82) is 0 Å². The van der Waals surface area contributed by atoms with Crippen molar-refractivity contribution in [2.45, 2.75) is 23.5 Å². The summed E-state index contributed by atoms with van der Waals surface area (Å²) in [7, 11) is 0. The summed E-state index contributed by atoms with van der Waals surface area (Å²) in [6.45, 7) is 4.96. The molecule has 1 aromatic carbocycles. The van der Waals surface area contributed by atoms with Gasteiger partial charge in [-0.25, -0.2) is 0 Å². The highest BCUT2D eigenvalue weighted by molar-refractivity contribution is 8.00. The van der Waals surface area contributed by atoms with Crippen molar-refractivity contribution in [3.8, 4) is 0 Å². The van der Waals surface area contributed by atoms with E-state index in [0.717, 1.165) is 17.9 Å². The number of thioether (sulfide) groups is 1. The SMILES string of the molecule is CC(Sc1ccccc1Cl)C(=O)N1CCCN(CC(N)=O)CC1. The first-order chi connectivity index (χ1) is 11.0. The summed E-state index contributed by atoms with van der Waals surface area (Å²) in [5.74, 6) is -0.219. The number of carbonyl (C=O) groups is 2. The normalized spacial score (nSPS) is 17.6. The van der Waals surface area contributed by atoms with Gasteiger partial charge in [-0.15, -0.1) is 11.8 Å². The van der Waals surface area contributed by atoms with Crippen molar-refractivity contribution in [2.75, 3.05) is 32.7 Å². The second kappa shape index (κ2) is 8.57. The minimum absolute atomic E-state index is 0.107. The van der Waals surface area contributed by atoms with Gasteiger partial charge in [-0.3, -0.25) is 14.5 Å². The summed E-state index contributed by atoms with van der Waals surface area (Å²) in [4.78, 5) is 28.5. The third-order valence-electron chi connectivity index (χ3n) is 3.77. The standard InChI is InChI=1S/C16H22ClN3O2S/c1-12(23-14-6-3-2-5-13(14)17)16(22)20-8-4-7-19(9-10-20)11-15(18)21/h2-3,5-6,12H,4,7-11H2,1H3,(H2,18,21). The number of benzene rings is 1. The van der Waals surface area contributed by atoms with Crippen LogP contribution in [0.3, 0.4) is 0 Å². The lowest BCUT2D eigenvalue weighted by Crippen LogP contribution is -2.40. The molecule has 1 fully saturated rings. The zero-order chi connectivity index (χ0) is 16.8. The summed E-state index contributed by atoms with van der Waals surface area (Å²) in [6, 6.07) is 7.54. The van der Waals surface area contributed by atoms with Gasteiger partial charge in [0.05, 0.1) is 16.8 Å². The van der Waals surface area contributed by atoms with Crippen LogP contribution >= 0.6 is 23.4 Å². The lowest BCUT2D eigenvalue weighted by atomic mass is 10.3. The highest BCUT2D eigenvalue weighted by atomic mass is 35.5. The van der Waals surface area contributed by atoms with Gasteiger partial charge in [-0.05, 0) is 25.5 Å². The molecule has 0 bridgehead atoms. The van der Waals surface area contributed by atoms with Crippen molar-refractivity contribution >= 4 is 35.2 Å². The fourth-order valence-electron chi connectivity index (χ4n) is 2.61. The third kappa shape index (κ3) is 5.41. The maximum absolute atomic E-state index is 12.6. The molecule has 0 saturated carbocycles. The van der Waals surface area contributed by atoms with Crippen molar-refractivity contribution in [3.63, 3.8) is 0 Å². The van der Waals surface area contributed by atoms with Gasteiger partial charge in [0, 0.05) is 31.1 Å². The minimum atomic E-state index is -0.326. The van der Waals surface area contributed by atoms with Gasteiger partial charge in [0.15, 0.2) is 0 Å². The van der Waals surface area contributed by atoms with Crippen LogP contribution in [-0.2, 0) is 9.59 Å². The monoisotopic (exact) mass is 355 g/mol. The van der Waals surface area contributed by atoms with Crippen LogP contribution < -0.4 is 5.73 Å². The number of halogens is 1. The Morgan fingerprint density at radius 3 is 2.70 bits per heavy atom. The Balaban J connectivity index is 1.92. The van der Waals surface area contributed by atoms with E-state index in [1.807, 2.05) is 41.0 Å². The number of hydrogen-bond donors (Lipinski definition) is 1. The van der Waals surface area contributed by atoms with Crippen LogP contribution in [0.25, 0.3) is 0 Å². The molecular formula is C16H22ClN3O2S. The Hall–Kier alpha value is -1.24. The molecule has 7 heteroatoms. The summed E-state index contributed by atoms with van der Waals surface area (Å²) in [6.07, 6.45) is 0.850. The molecule has 1 heterocycles. The molecule has 1 unspecified atom stereocenters. The third-order valence-corrected chi connectivity index (χ3v) is 5.37. The maximum Gasteiger partial charge on any atom is 0.235 e. The van der Waals surface area contributed by atoms with Gasteiger partial charge >= 0.3 is 0 Å². The summed E-state index contributed by atoms with van der Waals surface area (Å²) in [5, 5.41) is 0.471. The average molecular weight is 356 g/mol. The van der Waals surface area contributed by atoms with Crippen molar-refractivity contribution in [3.05, 3.63) is 29.3 Å². The van der Waals surface area contributed by atoms with Crippen LogP contribution in [0.15, 0.2) is 29.2 Å². The molecule has 5 nitrogen and oxygen atoms in total. The molecule has 0 radical (unpaired) electrons. The van der Waals surface area contributed by atoms with E-state index in [-0.39, 0.29) is 23.6 Å². The van der Waals surface area contributed by atoms with Gasteiger partial charge in [-0.2, -0.15) is 0 Å². The molecule has 23 heavy (non-hydrogen) atoms. The Kier molecular flexibility index (Phi) is 6.74. The molecule has 1 aliphatic rings. The number of carbonyl (C=O) groups excluding carboxylic acids is 2. The minimum Gasteiger partial charge on any atom is -0.369 e. The number of amides is 2. The van der Waals surface area contributed by atoms with E-state index in [9.17, 15) is 9.59 Å². The Morgan fingerprint density at radius 1 is 1.26 bits per heavy atom. The van der Waals surface area contributed by atoms with Crippen LogP contribution in [-0.4, -0.2) is 59.6 Å². The molecule has 2 N–H and O–H groups in total. The maximum atomic E-state index is 12.6. The molecule has 1 atom stereocenters. The van der Waals surface area contributed by atoms with Crippen LogP contribution in [0.2, 0.25) is 5.02 Å². The summed E-state index contributed by atoms with van der Waals surface area (Å²) >= 11 is 7.64.